The first-order chi connectivity index (χ1) is 25.1. The van der Waals surface area contributed by atoms with E-state index >= 15 is 0 Å². The molecule has 0 radical (unpaired) electrons. The summed E-state index contributed by atoms with van der Waals surface area (Å²) in [6, 6.07) is 28.3. The van der Waals surface area contributed by atoms with Gasteiger partial charge < -0.3 is 30.4 Å². The van der Waals surface area contributed by atoms with Crippen LogP contribution in [0.4, 0.5) is 9.18 Å². The van der Waals surface area contributed by atoms with Crippen LogP contribution in [0.2, 0.25) is 10.0 Å². The molecule has 0 heterocycles. The topological polar surface area (TPSA) is 137 Å². The van der Waals surface area contributed by atoms with Crippen LogP contribution in [0.3, 0.4) is 0 Å². The Balaban J connectivity index is 0.000000362. The summed E-state index contributed by atoms with van der Waals surface area (Å²) in [4.78, 5) is 35.1. The second-order valence-corrected chi connectivity index (χ2v) is 13.5. The smallest absolute Gasteiger partial charge is 0.407 e. The number of nitrogens with one attached hydrogen (secondary N) is 1. The van der Waals surface area contributed by atoms with Gasteiger partial charge in [-0.1, -0.05) is 96.0 Å². The molecule has 0 bridgehead atoms. The van der Waals surface area contributed by atoms with Gasteiger partial charge in [-0.3, -0.25) is 0 Å². The molecule has 13 heteroatoms. The lowest BCUT2D eigenvalue weighted by atomic mass is 9.98. The standard InChI is InChI=1S/C22H26ClNO5.C17H17ClFNO2.CH3Cl/c1-22(2,3)29-21(27)24-18(19(25)20(26)28-4)12-14-8-10-15(11-9-14)16-6-5-7-17(23)13-16;1-22-17(21)16(19)15(20)9-11-5-7-12(8-6-11)13-3-2-4-14(18)10-13;1-2/h5-11,13,18-19,25H,12H2,1-4H3,(H,24,27);2-8,10,15-16H,9,20H2,1H3;1H3/t18-,19?;15-,16?;/m11./s1. The number of carbonyl (C=O) groups excluding carboxylic acids is 3. The first-order valence-corrected chi connectivity index (χ1v) is 17.9. The van der Waals surface area contributed by atoms with Crippen molar-refractivity contribution in [2.75, 3.05) is 20.6 Å². The van der Waals surface area contributed by atoms with Gasteiger partial charge in [0.05, 0.1) is 26.3 Å². The summed E-state index contributed by atoms with van der Waals surface area (Å²) >= 11 is 16.7. The number of rotatable bonds is 11. The van der Waals surface area contributed by atoms with Gasteiger partial charge in [0.25, 0.3) is 0 Å². The summed E-state index contributed by atoms with van der Waals surface area (Å²) in [7, 11) is 2.32. The molecule has 53 heavy (non-hydrogen) atoms. The minimum atomic E-state index is -1.82. The van der Waals surface area contributed by atoms with E-state index in [-0.39, 0.29) is 12.8 Å². The number of ether oxygens (including phenoxy) is 3. The van der Waals surface area contributed by atoms with E-state index in [1.807, 2.05) is 91.0 Å². The molecule has 0 aliphatic rings. The fraction of sp³-hybridized carbons (Fsp3) is 0.325. The predicted molar refractivity (Wildman–Crippen MR) is 209 cm³/mol. The molecule has 0 fully saturated rings. The fourth-order valence-corrected chi connectivity index (χ4v) is 5.29. The first-order valence-electron chi connectivity index (χ1n) is 16.4. The molecular weight excluding hydrogens is 746 g/mol. The van der Waals surface area contributed by atoms with E-state index in [1.165, 1.54) is 13.5 Å². The number of benzene rings is 4. The third kappa shape index (κ3) is 15.4. The second kappa shape index (κ2) is 22.1. The Kier molecular flexibility index (Phi) is 18.8. The summed E-state index contributed by atoms with van der Waals surface area (Å²) in [6.45, 7) is 5.19. The zero-order chi connectivity index (χ0) is 39.7. The largest absolute Gasteiger partial charge is 0.467 e. The van der Waals surface area contributed by atoms with E-state index in [0.29, 0.717) is 10.0 Å². The maximum atomic E-state index is 13.7. The minimum absolute atomic E-state index is 0.214. The summed E-state index contributed by atoms with van der Waals surface area (Å²) in [6.07, 6.45) is -2.13. The van der Waals surface area contributed by atoms with Crippen molar-refractivity contribution in [3.63, 3.8) is 0 Å². The highest BCUT2D eigenvalue weighted by Gasteiger charge is 2.30. The number of halogens is 4. The van der Waals surface area contributed by atoms with Crippen LogP contribution in [-0.2, 0) is 36.6 Å². The summed E-state index contributed by atoms with van der Waals surface area (Å²) in [5.74, 6) is -1.77. The zero-order valence-electron chi connectivity index (χ0n) is 30.4. The van der Waals surface area contributed by atoms with Gasteiger partial charge in [-0.2, -0.15) is 0 Å². The molecular formula is C40H46Cl3FN2O7. The first kappa shape index (κ1) is 45.0. The van der Waals surface area contributed by atoms with Crippen LogP contribution < -0.4 is 11.1 Å². The SMILES string of the molecule is CCl.COC(=O)C(F)[C@H](N)Cc1ccc(-c2cccc(Cl)c2)cc1.COC(=O)C(O)[C@@H](Cc1ccc(-c2cccc(Cl)c2)cc1)NC(=O)OC(C)(C)C. The predicted octanol–water partition coefficient (Wildman–Crippen LogP) is 8.22. The number of methoxy groups -OCH3 is 2. The molecule has 0 saturated heterocycles. The Labute approximate surface area is 325 Å². The Morgan fingerprint density at radius 1 is 0.736 bits per heavy atom. The highest BCUT2D eigenvalue weighted by molar-refractivity contribution is 6.31. The number of aliphatic hydroxyl groups excluding tert-OH is 1. The lowest BCUT2D eigenvalue weighted by Crippen LogP contribution is -2.50. The van der Waals surface area contributed by atoms with Crippen molar-refractivity contribution >= 4 is 52.8 Å². The molecule has 0 aliphatic carbocycles. The summed E-state index contributed by atoms with van der Waals surface area (Å²) < 4.78 is 27.8. The van der Waals surface area contributed by atoms with Crippen molar-refractivity contribution in [2.45, 2.75) is 63.6 Å². The van der Waals surface area contributed by atoms with E-state index in [1.54, 1.807) is 26.8 Å². The maximum Gasteiger partial charge on any atom is 0.407 e. The molecule has 0 aromatic heterocycles. The van der Waals surface area contributed by atoms with Crippen molar-refractivity contribution in [1.82, 2.24) is 5.32 Å². The molecule has 0 saturated carbocycles. The lowest BCUT2D eigenvalue weighted by molar-refractivity contribution is -0.152. The van der Waals surface area contributed by atoms with Gasteiger partial charge in [0, 0.05) is 16.4 Å². The third-order valence-electron chi connectivity index (χ3n) is 7.48. The molecule has 4 aromatic rings. The van der Waals surface area contributed by atoms with E-state index in [2.05, 4.69) is 26.4 Å². The number of aliphatic hydroxyl groups is 1. The van der Waals surface area contributed by atoms with Gasteiger partial charge in [0.2, 0.25) is 6.17 Å². The number of hydrogen-bond donors (Lipinski definition) is 3. The molecule has 2 unspecified atom stereocenters. The van der Waals surface area contributed by atoms with Crippen LogP contribution >= 0.6 is 34.8 Å². The number of hydrogen-bond acceptors (Lipinski definition) is 8. The number of alkyl carbamates (subject to hydrolysis) is 1. The Morgan fingerprint density at radius 2 is 1.17 bits per heavy atom. The Bertz CT molecular complexity index is 1750. The van der Waals surface area contributed by atoms with Crippen molar-refractivity contribution in [1.29, 1.82) is 0 Å². The quantitative estimate of drug-likeness (QED) is 0.0786. The number of carbonyl (C=O) groups is 3. The lowest BCUT2D eigenvalue weighted by Gasteiger charge is -2.25. The Morgan fingerprint density at radius 3 is 1.57 bits per heavy atom. The van der Waals surface area contributed by atoms with E-state index in [4.69, 9.17) is 33.7 Å². The minimum Gasteiger partial charge on any atom is -0.467 e. The molecule has 1 amide bonds. The normalized spacial score (nSPS) is 13.0. The van der Waals surface area contributed by atoms with Crippen molar-refractivity contribution in [3.8, 4) is 22.3 Å². The molecule has 0 aliphatic heterocycles. The number of alkyl halides is 2. The van der Waals surface area contributed by atoms with Gasteiger partial charge in [0.1, 0.15) is 5.60 Å². The van der Waals surface area contributed by atoms with E-state index in [9.17, 15) is 23.9 Å². The van der Waals surface area contributed by atoms with Crippen LogP contribution in [0.25, 0.3) is 22.3 Å². The average molecular weight is 792 g/mol. The monoisotopic (exact) mass is 790 g/mol. The van der Waals surface area contributed by atoms with Crippen molar-refractivity contribution < 1.29 is 38.1 Å². The van der Waals surface area contributed by atoms with E-state index < -0.39 is 48.0 Å². The molecule has 0 spiro atoms. The highest BCUT2D eigenvalue weighted by Crippen LogP contribution is 2.25. The van der Waals surface area contributed by atoms with Crippen LogP contribution in [0.5, 0.6) is 0 Å². The molecule has 286 valence electrons. The summed E-state index contributed by atoms with van der Waals surface area (Å²) in [5.41, 5.74) is 10.6. The maximum absolute atomic E-state index is 13.7. The van der Waals surface area contributed by atoms with Gasteiger partial charge in [-0.15, -0.1) is 11.6 Å². The van der Waals surface area contributed by atoms with Gasteiger partial charge >= 0.3 is 18.0 Å². The van der Waals surface area contributed by atoms with Gasteiger partial charge in [0.15, 0.2) is 6.10 Å². The zero-order valence-corrected chi connectivity index (χ0v) is 32.7. The number of amides is 1. The highest BCUT2D eigenvalue weighted by atomic mass is 35.5. The third-order valence-corrected chi connectivity index (χ3v) is 7.95. The van der Waals surface area contributed by atoms with Crippen molar-refractivity contribution in [3.05, 3.63) is 118 Å². The number of esters is 2. The average Bonchev–Trinajstić information content (AvgIpc) is 3.14. The molecule has 9 nitrogen and oxygen atoms in total. The molecule has 4 rings (SSSR count). The van der Waals surface area contributed by atoms with Crippen LogP contribution in [-0.4, -0.2) is 73.7 Å². The van der Waals surface area contributed by atoms with Crippen LogP contribution in [0.1, 0.15) is 31.9 Å². The van der Waals surface area contributed by atoms with Crippen LogP contribution in [0.15, 0.2) is 97.1 Å². The van der Waals surface area contributed by atoms with Gasteiger partial charge in [-0.05, 0) is 91.3 Å². The molecule has 4 atom stereocenters. The fourth-order valence-electron chi connectivity index (χ4n) is 4.91. The molecule has 4 N–H and O–H groups in total. The summed E-state index contributed by atoms with van der Waals surface area (Å²) in [5, 5.41) is 14.2. The second-order valence-electron chi connectivity index (χ2n) is 12.6. The van der Waals surface area contributed by atoms with E-state index in [0.717, 1.165) is 40.5 Å². The molecule has 4 aromatic carbocycles. The van der Waals surface area contributed by atoms with Crippen LogP contribution in [0, 0.1) is 0 Å². The Hall–Kier alpha value is -4.19. The van der Waals surface area contributed by atoms with Gasteiger partial charge in [-0.25, -0.2) is 18.8 Å². The number of nitrogens with two attached hydrogens (primary N) is 1. The van der Waals surface area contributed by atoms with Crippen molar-refractivity contribution in [2.24, 2.45) is 5.73 Å².